The lowest BCUT2D eigenvalue weighted by Gasteiger charge is -2.34. The third kappa shape index (κ3) is 5.87. The molecule has 1 aliphatic carbocycles. The van der Waals surface area contributed by atoms with E-state index in [1.807, 2.05) is 0 Å². The van der Waals surface area contributed by atoms with Crippen LogP contribution in [-0.2, 0) is 9.53 Å². The van der Waals surface area contributed by atoms with E-state index in [0.717, 1.165) is 25.7 Å². The zero-order valence-corrected chi connectivity index (χ0v) is 19.8. The van der Waals surface area contributed by atoms with Gasteiger partial charge in [0.05, 0.1) is 24.8 Å². The van der Waals surface area contributed by atoms with E-state index in [-0.39, 0.29) is 17.0 Å². The van der Waals surface area contributed by atoms with E-state index in [1.54, 1.807) is 12.3 Å². The smallest absolute Gasteiger partial charge is 0.306 e. The van der Waals surface area contributed by atoms with Gasteiger partial charge < -0.3 is 20.3 Å². The number of methoxy groups -OCH3 is 1. The Morgan fingerprint density at radius 2 is 2.03 bits per heavy atom. The van der Waals surface area contributed by atoms with Crippen LogP contribution in [0.2, 0.25) is 5.02 Å². The van der Waals surface area contributed by atoms with Crippen LogP contribution in [0.5, 0.6) is 0 Å². The summed E-state index contributed by atoms with van der Waals surface area (Å²) in [7, 11) is 3.47. The summed E-state index contributed by atoms with van der Waals surface area (Å²) in [5.41, 5.74) is 1.73. The molecule has 2 heterocycles. The summed E-state index contributed by atoms with van der Waals surface area (Å²) in [6.07, 6.45) is 7.46. The number of carbonyl (C=O) groups is 1. The summed E-state index contributed by atoms with van der Waals surface area (Å²) >= 11 is 5.89. The van der Waals surface area contributed by atoms with Crippen molar-refractivity contribution < 1.29 is 13.9 Å². The normalized spacial score (nSPS) is 18.1. The van der Waals surface area contributed by atoms with Crippen molar-refractivity contribution in [1.29, 1.82) is 0 Å². The van der Waals surface area contributed by atoms with Crippen LogP contribution in [0.1, 0.15) is 32.1 Å². The van der Waals surface area contributed by atoms with Crippen LogP contribution in [0.3, 0.4) is 0 Å². The minimum absolute atomic E-state index is 0.0203. The molecule has 0 bridgehead atoms. The lowest BCUT2D eigenvalue weighted by molar-refractivity contribution is -0.141. The Kier molecular flexibility index (Phi) is 7.69. The number of nitrogens with zero attached hydrogens (tertiary/aromatic N) is 5. The van der Waals surface area contributed by atoms with Crippen molar-refractivity contribution in [2.45, 2.75) is 44.2 Å². The van der Waals surface area contributed by atoms with E-state index in [2.05, 4.69) is 42.5 Å². The SMILES string of the molecule is COC(=O)CCN(C)[C@H]1CC[C@H](Nc2ncc3ncnc(Nc4ccc(F)c(Cl)c4)c3n2)CC1. The molecule has 1 fully saturated rings. The number of hydrogen-bond donors (Lipinski definition) is 2. The number of halogens is 2. The molecule has 2 aromatic heterocycles. The van der Waals surface area contributed by atoms with Crippen LogP contribution >= 0.6 is 11.6 Å². The number of esters is 1. The van der Waals surface area contributed by atoms with Crippen LogP contribution in [-0.4, -0.2) is 63.6 Å². The molecule has 3 aromatic rings. The molecule has 9 nitrogen and oxygen atoms in total. The molecule has 0 unspecified atom stereocenters. The molecule has 1 aliphatic rings. The Balaban J connectivity index is 1.40. The first kappa shape index (κ1) is 24.0. The van der Waals surface area contributed by atoms with Gasteiger partial charge in [0.2, 0.25) is 5.95 Å². The Morgan fingerprint density at radius 1 is 1.24 bits per heavy atom. The van der Waals surface area contributed by atoms with Crippen molar-refractivity contribution in [3.05, 3.63) is 41.6 Å². The van der Waals surface area contributed by atoms with Crippen molar-refractivity contribution in [3.8, 4) is 0 Å². The molecule has 0 amide bonds. The highest BCUT2D eigenvalue weighted by Gasteiger charge is 2.25. The van der Waals surface area contributed by atoms with Gasteiger partial charge in [0.1, 0.15) is 23.2 Å². The predicted molar refractivity (Wildman–Crippen MR) is 129 cm³/mol. The van der Waals surface area contributed by atoms with Gasteiger partial charge in [-0.05, 0) is 50.9 Å². The molecule has 1 saturated carbocycles. The van der Waals surface area contributed by atoms with Gasteiger partial charge in [-0.25, -0.2) is 24.3 Å². The van der Waals surface area contributed by atoms with Gasteiger partial charge in [0.25, 0.3) is 0 Å². The van der Waals surface area contributed by atoms with Crippen LogP contribution in [0, 0.1) is 5.82 Å². The van der Waals surface area contributed by atoms with Gasteiger partial charge in [-0.1, -0.05) is 11.6 Å². The monoisotopic (exact) mass is 487 g/mol. The maximum absolute atomic E-state index is 13.5. The molecule has 180 valence electrons. The Bertz CT molecular complexity index is 1160. The Hall–Kier alpha value is -3.11. The minimum atomic E-state index is -0.488. The second-order valence-electron chi connectivity index (χ2n) is 8.36. The van der Waals surface area contributed by atoms with Crippen molar-refractivity contribution in [2.75, 3.05) is 31.3 Å². The molecule has 1 aromatic carbocycles. The fourth-order valence-corrected chi connectivity index (χ4v) is 4.30. The molecule has 11 heteroatoms. The number of ether oxygens (including phenoxy) is 1. The zero-order valence-electron chi connectivity index (χ0n) is 19.1. The maximum Gasteiger partial charge on any atom is 0.306 e. The Morgan fingerprint density at radius 3 is 2.76 bits per heavy atom. The van der Waals surface area contributed by atoms with Gasteiger partial charge in [-0.3, -0.25) is 4.79 Å². The van der Waals surface area contributed by atoms with E-state index in [9.17, 15) is 9.18 Å². The molecule has 0 atom stereocenters. The molecule has 34 heavy (non-hydrogen) atoms. The quantitative estimate of drug-likeness (QED) is 0.453. The number of anilines is 3. The highest BCUT2D eigenvalue weighted by Crippen LogP contribution is 2.27. The Labute approximate surface area is 202 Å². The number of rotatable bonds is 8. The van der Waals surface area contributed by atoms with Gasteiger partial charge in [-0.2, -0.15) is 0 Å². The number of aromatic nitrogens is 4. The molecule has 2 N–H and O–H groups in total. The van der Waals surface area contributed by atoms with E-state index in [1.165, 1.54) is 25.6 Å². The summed E-state index contributed by atoms with van der Waals surface area (Å²) in [6.45, 7) is 0.693. The number of benzene rings is 1. The second-order valence-corrected chi connectivity index (χ2v) is 8.77. The van der Waals surface area contributed by atoms with E-state index < -0.39 is 5.82 Å². The lowest BCUT2D eigenvalue weighted by atomic mass is 9.90. The predicted octanol–water partition coefficient (Wildman–Crippen LogP) is 4.17. The first-order valence-electron chi connectivity index (χ1n) is 11.2. The first-order chi connectivity index (χ1) is 16.4. The molecule has 0 radical (unpaired) electrons. The van der Waals surface area contributed by atoms with Crippen LogP contribution < -0.4 is 10.6 Å². The summed E-state index contributed by atoms with van der Waals surface area (Å²) in [5, 5.41) is 6.58. The van der Waals surface area contributed by atoms with Gasteiger partial charge in [0.15, 0.2) is 5.82 Å². The van der Waals surface area contributed by atoms with Gasteiger partial charge in [-0.15, -0.1) is 0 Å². The van der Waals surface area contributed by atoms with Crippen molar-refractivity contribution in [3.63, 3.8) is 0 Å². The lowest BCUT2D eigenvalue weighted by Crippen LogP contribution is -2.39. The van der Waals surface area contributed by atoms with Crippen LogP contribution in [0.15, 0.2) is 30.7 Å². The maximum atomic E-state index is 13.5. The standard InChI is InChI=1S/C23H27ClFN7O2/c1-32(10-9-20(33)34-2)16-6-3-14(4-7-16)30-23-26-12-19-21(31-23)22(28-13-27-19)29-15-5-8-18(25)17(24)11-15/h5,8,11-14,16H,3-4,6-7,9-10H2,1-2H3,(H,26,30,31)(H,27,28,29)/t14-,16-. The topological polar surface area (TPSA) is 105 Å². The van der Waals surface area contributed by atoms with E-state index in [0.29, 0.717) is 47.5 Å². The van der Waals surface area contributed by atoms with E-state index in [4.69, 9.17) is 16.3 Å². The largest absolute Gasteiger partial charge is 0.469 e. The third-order valence-electron chi connectivity index (χ3n) is 6.11. The van der Waals surface area contributed by atoms with Crippen molar-refractivity contribution in [2.24, 2.45) is 0 Å². The summed E-state index contributed by atoms with van der Waals surface area (Å²) in [5.74, 6) is 0.313. The highest BCUT2D eigenvalue weighted by molar-refractivity contribution is 6.31. The van der Waals surface area contributed by atoms with Crippen molar-refractivity contribution >= 4 is 46.1 Å². The summed E-state index contributed by atoms with van der Waals surface area (Å²) in [6, 6.07) is 5.05. The number of carbonyl (C=O) groups excluding carboxylic acids is 1. The van der Waals surface area contributed by atoms with Crippen molar-refractivity contribution in [1.82, 2.24) is 24.8 Å². The molecule has 0 aliphatic heterocycles. The summed E-state index contributed by atoms with van der Waals surface area (Å²) < 4.78 is 18.2. The molecule has 0 spiro atoms. The van der Waals surface area contributed by atoms with Crippen LogP contribution in [0.25, 0.3) is 11.0 Å². The number of fused-ring (bicyclic) bond motifs is 1. The molecular weight excluding hydrogens is 461 g/mol. The van der Waals surface area contributed by atoms with Gasteiger partial charge in [0, 0.05) is 24.3 Å². The highest BCUT2D eigenvalue weighted by atomic mass is 35.5. The number of hydrogen-bond acceptors (Lipinski definition) is 9. The fourth-order valence-electron chi connectivity index (χ4n) is 4.12. The fraction of sp³-hybridized carbons (Fsp3) is 0.435. The average Bonchev–Trinajstić information content (AvgIpc) is 2.85. The zero-order chi connectivity index (χ0) is 24.1. The summed E-state index contributed by atoms with van der Waals surface area (Å²) in [4.78, 5) is 31.2. The molecular formula is C23H27ClFN7O2. The molecule has 0 saturated heterocycles. The number of nitrogens with one attached hydrogen (secondary N) is 2. The third-order valence-corrected chi connectivity index (χ3v) is 6.40. The first-order valence-corrected chi connectivity index (χ1v) is 11.5. The van der Waals surface area contributed by atoms with Gasteiger partial charge >= 0.3 is 5.97 Å². The second kappa shape index (κ2) is 10.9. The molecule has 4 rings (SSSR count). The minimum Gasteiger partial charge on any atom is -0.469 e. The van der Waals surface area contributed by atoms with Crippen LogP contribution in [0.4, 0.5) is 21.8 Å². The van der Waals surface area contributed by atoms with E-state index >= 15 is 0 Å². The average molecular weight is 488 g/mol.